The minimum absolute atomic E-state index is 0.561. The van der Waals surface area contributed by atoms with Crippen LogP contribution in [0.1, 0.15) is 50.1 Å². The second-order valence-corrected chi connectivity index (χ2v) is 7.54. The standard InChI is InChI=1S/C18H28N2S/c1-20(15-8-3-2-4-9-15)13-7-12-19-17-14-21-18-11-6-5-10-16(17)18/h5-6,10-11,15,17,19H,2-4,7-9,12-14H2,1H3. The van der Waals surface area contributed by atoms with E-state index in [0.717, 1.165) is 12.6 Å². The summed E-state index contributed by atoms with van der Waals surface area (Å²) in [5.41, 5.74) is 1.50. The summed E-state index contributed by atoms with van der Waals surface area (Å²) in [5, 5.41) is 3.75. The first-order chi connectivity index (χ1) is 10.3. The molecule has 3 heteroatoms. The van der Waals surface area contributed by atoms with E-state index >= 15 is 0 Å². The Morgan fingerprint density at radius 3 is 2.86 bits per heavy atom. The molecule has 2 nitrogen and oxygen atoms in total. The molecule has 1 heterocycles. The van der Waals surface area contributed by atoms with E-state index < -0.39 is 0 Å². The molecule has 0 bridgehead atoms. The molecule has 1 N–H and O–H groups in total. The highest BCUT2D eigenvalue weighted by Crippen LogP contribution is 2.37. The predicted molar refractivity (Wildman–Crippen MR) is 92.0 cm³/mol. The fourth-order valence-electron chi connectivity index (χ4n) is 3.64. The van der Waals surface area contributed by atoms with E-state index in [9.17, 15) is 0 Å². The molecule has 21 heavy (non-hydrogen) atoms. The number of nitrogens with zero attached hydrogens (tertiary/aromatic N) is 1. The Bertz CT molecular complexity index is 443. The van der Waals surface area contributed by atoms with Crippen molar-refractivity contribution in [2.75, 3.05) is 25.9 Å². The lowest BCUT2D eigenvalue weighted by Crippen LogP contribution is -2.35. The van der Waals surface area contributed by atoms with Gasteiger partial charge in [-0.05, 0) is 51.0 Å². The number of benzene rings is 1. The largest absolute Gasteiger partial charge is 0.309 e. The summed E-state index contributed by atoms with van der Waals surface area (Å²) in [6.45, 7) is 2.37. The van der Waals surface area contributed by atoms with Crippen molar-refractivity contribution in [2.45, 2.75) is 55.5 Å². The molecule has 116 valence electrons. The first-order valence-corrected chi connectivity index (χ1v) is 9.48. The molecule has 3 rings (SSSR count). The smallest absolute Gasteiger partial charge is 0.0426 e. The molecule has 1 aliphatic heterocycles. The van der Waals surface area contributed by atoms with E-state index in [1.807, 2.05) is 11.8 Å². The summed E-state index contributed by atoms with van der Waals surface area (Å²) in [6, 6.07) is 10.2. The van der Waals surface area contributed by atoms with Gasteiger partial charge in [0.05, 0.1) is 0 Å². The monoisotopic (exact) mass is 304 g/mol. The van der Waals surface area contributed by atoms with Crippen LogP contribution in [0.25, 0.3) is 0 Å². The van der Waals surface area contributed by atoms with Crippen LogP contribution in [-0.2, 0) is 0 Å². The van der Waals surface area contributed by atoms with Crippen molar-refractivity contribution >= 4 is 11.8 Å². The molecule has 1 fully saturated rings. The Kier molecular flexibility index (Phi) is 5.61. The number of hydrogen-bond acceptors (Lipinski definition) is 3. The third-order valence-corrected chi connectivity index (χ3v) is 6.16. The molecule has 1 aromatic rings. The lowest BCUT2D eigenvalue weighted by Gasteiger charge is -2.31. The van der Waals surface area contributed by atoms with E-state index in [1.54, 1.807) is 0 Å². The zero-order valence-corrected chi connectivity index (χ0v) is 14.0. The number of nitrogens with one attached hydrogen (secondary N) is 1. The molecule has 1 unspecified atom stereocenters. The molecular weight excluding hydrogens is 276 g/mol. The van der Waals surface area contributed by atoms with E-state index in [-0.39, 0.29) is 0 Å². The van der Waals surface area contributed by atoms with Crippen LogP contribution in [0.5, 0.6) is 0 Å². The third-order valence-electron chi connectivity index (χ3n) is 4.98. The summed E-state index contributed by atoms with van der Waals surface area (Å²) in [5.74, 6) is 1.19. The van der Waals surface area contributed by atoms with Crippen molar-refractivity contribution in [1.82, 2.24) is 10.2 Å². The van der Waals surface area contributed by atoms with Gasteiger partial charge in [-0.25, -0.2) is 0 Å². The molecular formula is C18H28N2S. The zero-order valence-electron chi connectivity index (χ0n) is 13.2. The second kappa shape index (κ2) is 7.66. The van der Waals surface area contributed by atoms with Gasteiger partial charge in [-0.15, -0.1) is 11.8 Å². The van der Waals surface area contributed by atoms with E-state index in [1.165, 1.54) is 61.3 Å². The van der Waals surface area contributed by atoms with E-state index in [4.69, 9.17) is 0 Å². The molecule has 2 aliphatic rings. The molecule has 1 atom stereocenters. The number of thioether (sulfide) groups is 1. The topological polar surface area (TPSA) is 15.3 Å². The van der Waals surface area contributed by atoms with Gasteiger partial charge < -0.3 is 10.2 Å². The molecule has 0 aromatic heterocycles. The van der Waals surface area contributed by atoms with E-state index in [2.05, 4.69) is 41.5 Å². The highest BCUT2D eigenvalue weighted by Gasteiger charge is 2.22. The van der Waals surface area contributed by atoms with Crippen molar-refractivity contribution < 1.29 is 0 Å². The number of rotatable bonds is 6. The minimum Gasteiger partial charge on any atom is -0.309 e. The first-order valence-electron chi connectivity index (χ1n) is 8.50. The van der Waals surface area contributed by atoms with Gasteiger partial charge >= 0.3 is 0 Å². The van der Waals surface area contributed by atoms with Crippen molar-refractivity contribution in [1.29, 1.82) is 0 Å². The summed E-state index contributed by atoms with van der Waals surface area (Å²) < 4.78 is 0. The lowest BCUT2D eigenvalue weighted by atomic mass is 9.94. The van der Waals surface area contributed by atoms with Crippen LogP contribution in [0.15, 0.2) is 29.2 Å². The van der Waals surface area contributed by atoms with Gasteiger partial charge in [-0.3, -0.25) is 0 Å². The maximum Gasteiger partial charge on any atom is 0.0426 e. The fourth-order valence-corrected chi connectivity index (χ4v) is 4.84. The highest BCUT2D eigenvalue weighted by molar-refractivity contribution is 7.99. The summed E-state index contributed by atoms with van der Waals surface area (Å²) in [6.07, 6.45) is 8.40. The molecule has 0 spiro atoms. The Hall–Kier alpha value is -0.510. The molecule has 1 saturated carbocycles. The molecule has 1 aromatic carbocycles. The molecule has 1 aliphatic carbocycles. The van der Waals surface area contributed by atoms with Gasteiger partial charge in [-0.1, -0.05) is 37.5 Å². The molecule has 0 radical (unpaired) electrons. The predicted octanol–water partition coefficient (Wildman–Crippen LogP) is 4.08. The lowest BCUT2D eigenvalue weighted by molar-refractivity contribution is 0.189. The van der Waals surface area contributed by atoms with Gasteiger partial charge in [0, 0.05) is 22.7 Å². The van der Waals surface area contributed by atoms with Crippen LogP contribution < -0.4 is 5.32 Å². The van der Waals surface area contributed by atoms with Crippen molar-refractivity contribution in [3.63, 3.8) is 0 Å². The van der Waals surface area contributed by atoms with Crippen LogP contribution in [0.4, 0.5) is 0 Å². The van der Waals surface area contributed by atoms with Gasteiger partial charge in [0.25, 0.3) is 0 Å². The second-order valence-electron chi connectivity index (χ2n) is 6.48. The number of hydrogen-bond donors (Lipinski definition) is 1. The average molecular weight is 305 g/mol. The molecule has 0 amide bonds. The summed E-state index contributed by atoms with van der Waals surface area (Å²) >= 11 is 1.99. The van der Waals surface area contributed by atoms with Crippen molar-refractivity contribution in [3.8, 4) is 0 Å². The van der Waals surface area contributed by atoms with Crippen molar-refractivity contribution in [2.24, 2.45) is 0 Å². The van der Waals surface area contributed by atoms with Crippen LogP contribution in [0.2, 0.25) is 0 Å². The Balaban J connectivity index is 1.37. The van der Waals surface area contributed by atoms with Gasteiger partial charge in [0.15, 0.2) is 0 Å². The van der Waals surface area contributed by atoms with Gasteiger partial charge in [0.2, 0.25) is 0 Å². The average Bonchev–Trinajstić information content (AvgIpc) is 2.95. The van der Waals surface area contributed by atoms with Crippen LogP contribution in [-0.4, -0.2) is 36.8 Å². The highest BCUT2D eigenvalue weighted by atomic mass is 32.2. The maximum absolute atomic E-state index is 3.75. The SMILES string of the molecule is CN(CCCNC1CSc2ccccc21)C1CCCCC1. The first kappa shape index (κ1) is 15.4. The zero-order chi connectivity index (χ0) is 14.5. The van der Waals surface area contributed by atoms with Gasteiger partial charge in [0.1, 0.15) is 0 Å². The fraction of sp³-hybridized carbons (Fsp3) is 0.667. The quantitative estimate of drug-likeness (QED) is 0.797. The molecule has 0 saturated heterocycles. The Labute approximate surface area is 133 Å². The summed E-state index contributed by atoms with van der Waals surface area (Å²) in [4.78, 5) is 4.06. The van der Waals surface area contributed by atoms with E-state index in [0.29, 0.717) is 6.04 Å². The number of fused-ring (bicyclic) bond motifs is 1. The summed E-state index contributed by atoms with van der Waals surface area (Å²) in [7, 11) is 2.32. The normalized spacial score (nSPS) is 22.7. The third kappa shape index (κ3) is 4.02. The maximum atomic E-state index is 3.75. The minimum atomic E-state index is 0.561. The Morgan fingerprint density at radius 1 is 1.19 bits per heavy atom. The van der Waals surface area contributed by atoms with Crippen LogP contribution in [0, 0.1) is 0 Å². The van der Waals surface area contributed by atoms with Crippen molar-refractivity contribution in [3.05, 3.63) is 29.8 Å². The van der Waals surface area contributed by atoms with Crippen LogP contribution >= 0.6 is 11.8 Å². The van der Waals surface area contributed by atoms with Gasteiger partial charge in [-0.2, -0.15) is 0 Å². The van der Waals surface area contributed by atoms with Crippen LogP contribution in [0.3, 0.4) is 0 Å². The Morgan fingerprint density at radius 2 is 2.00 bits per heavy atom.